The molecule has 1 aliphatic rings. The molecular formula is C23H27N3O. The molecule has 1 fully saturated rings. The van der Waals surface area contributed by atoms with Gasteiger partial charge in [-0.05, 0) is 54.9 Å². The number of nitrogens with zero attached hydrogens (tertiary/aromatic N) is 2. The van der Waals surface area contributed by atoms with Crippen LogP contribution < -0.4 is 5.32 Å². The number of fused-ring (bicyclic) bond motifs is 1. The molecule has 3 aromatic rings. The first kappa shape index (κ1) is 17.8. The number of amides is 1. The Bertz CT molecular complexity index is 932. The zero-order valence-electron chi connectivity index (χ0n) is 16.1. The van der Waals surface area contributed by atoms with Crippen LogP contribution in [-0.4, -0.2) is 21.7 Å². The van der Waals surface area contributed by atoms with Crippen molar-refractivity contribution in [2.45, 2.75) is 51.6 Å². The van der Waals surface area contributed by atoms with Gasteiger partial charge in [-0.2, -0.15) is 5.10 Å². The number of hydrogen-bond donors (Lipinski definition) is 1. The minimum atomic E-state index is -0.312. The van der Waals surface area contributed by atoms with Crippen molar-refractivity contribution in [1.29, 1.82) is 0 Å². The third-order valence-corrected chi connectivity index (χ3v) is 5.84. The van der Waals surface area contributed by atoms with Gasteiger partial charge in [0, 0.05) is 17.8 Å². The van der Waals surface area contributed by atoms with Crippen LogP contribution in [0.5, 0.6) is 0 Å². The van der Waals surface area contributed by atoms with E-state index in [4.69, 9.17) is 0 Å². The molecule has 1 aliphatic carbocycles. The fourth-order valence-electron chi connectivity index (χ4n) is 4.01. The summed E-state index contributed by atoms with van der Waals surface area (Å²) < 4.78 is 1.78. The zero-order chi connectivity index (χ0) is 18.8. The molecule has 2 aromatic carbocycles. The number of benzene rings is 2. The number of nitrogens with one attached hydrogen (secondary N) is 1. The summed E-state index contributed by atoms with van der Waals surface area (Å²) in [5.41, 5.74) is 2.19. The van der Waals surface area contributed by atoms with Crippen LogP contribution in [0.2, 0.25) is 0 Å². The molecule has 1 atom stereocenters. The third kappa shape index (κ3) is 3.75. The van der Waals surface area contributed by atoms with Crippen LogP contribution in [-0.2, 0) is 4.79 Å². The van der Waals surface area contributed by atoms with Crippen LogP contribution in [0.1, 0.15) is 45.6 Å². The molecule has 1 saturated carbocycles. The zero-order valence-corrected chi connectivity index (χ0v) is 16.1. The van der Waals surface area contributed by atoms with Crippen LogP contribution in [0.25, 0.3) is 21.9 Å². The molecule has 1 amide bonds. The molecule has 1 aromatic heterocycles. The topological polar surface area (TPSA) is 46.9 Å². The SMILES string of the molecule is CC1CCC(NC(=O)C(C)n2cc(-c3cccc4ccccc34)cn2)CC1. The predicted molar refractivity (Wildman–Crippen MR) is 109 cm³/mol. The second-order valence-electron chi connectivity index (χ2n) is 7.88. The van der Waals surface area contributed by atoms with E-state index in [1.807, 2.05) is 25.4 Å². The lowest BCUT2D eigenvalue weighted by molar-refractivity contribution is -0.125. The van der Waals surface area contributed by atoms with Gasteiger partial charge in [-0.1, -0.05) is 49.4 Å². The van der Waals surface area contributed by atoms with E-state index in [0.717, 1.165) is 29.9 Å². The van der Waals surface area contributed by atoms with Crippen molar-refractivity contribution in [2.75, 3.05) is 0 Å². The van der Waals surface area contributed by atoms with E-state index >= 15 is 0 Å². The highest BCUT2D eigenvalue weighted by Gasteiger charge is 2.23. The van der Waals surface area contributed by atoms with E-state index in [2.05, 4.69) is 53.7 Å². The molecule has 1 heterocycles. The second-order valence-corrected chi connectivity index (χ2v) is 7.88. The molecule has 1 N–H and O–H groups in total. The Hall–Kier alpha value is -2.62. The van der Waals surface area contributed by atoms with Gasteiger partial charge in [0.05, 0.1) is 6.20 Å². The lowest BCUT2D eigenvalue weighted by Crippen LogP contribution is -2.40. The minimum absolute atomic E-state index is 0.0575. The molecule has 27 heavy (non-hydrogen) atoms. The Morgan fingerprint density at radius 2 is 1.85 bits per heavy atom. The van der Waals surface area contributed by atoms with Gasteiger partial charge in [0.15, 0.2) is 0 Å². The van der Waals surface area contributed by atoms with Crippen molar-refractivity contribution in [3.05, 3.63) is 54.9 Å². The highest BCUT2D eigenvalue weighted by Crippen LogP contribution is 2.29. The fraction of sp³-hybridized carbons (Fsp3) is 0.391. The first-order valence-corrected chi connectivity index (χ1v) is 9.94. The Labute approximate surface area is 160 Å². The summed E-state index contributed by atoms with van der Waals surface area (Å²) >= 11 is 0. The van der Waals surface area contributed by atoms with Gasteiger partial charge in [0.25, 0.3) is 0 Å². The van der Waals surface area contributed by atoms with Gasteiger partial charge in [-0.3, -0.25) is 9.48 Å². The average molecular weight is 361 g/mol. The maximum absolute atomic E-state index is 12.7. The fourth-order valence-corrected chi connectivity index (χ4v) is 4.01. The first-order valence-electron chi connectivity index (χ1n) is 9.94. The van der Waals surface area contributed by atoms with Crippen molar-refractivity contribution in [3.8, 4) is 11.1 Å². The molecule has 0 radical (unpaired) electrons. The van der Waals surface area contributed by atoms with Crippen LogP contribution >= 0.6 is 0 Å². The quantitative estimate of drug-likeness (QED) is 0.714. The van der Waals surface area contributed by atoms with Gasteiger partial charge in [0.2, 0.25) is 5.91 Å². The Morgan fingerprint density at radius 3 is 2.67 bits per heavy atom. The maximum atomic E-state index is 12.7. The number of rotatable bonds is 4. The summed E-state index contributed by atoms with van der Waals surface area (Å²) in [4.78, 5) is 12.7. The summed E-state index contributed by atoms with van der Waals surface area (Å²) in [7, 11) is 0. The van der Waals surface area contributed by atoms with Crippen LogP contribution in [0, 0.1) is 5.92 Å². The number of carbonyl (C=O) groups is 1. The summed E-state index contributed by atoms with van der Waals surface area (Å²) in [6.07, 6.45) is 8.40. The Kier molecular flexibility index (Phi) is 4.97. The standard InChI is InChI=1S/C23H27N3O/c1-16-10-12-20(13-11-16)25-23(27)17(2)26-15-19(14-24-26)22-9-5-7-18-6-3-4-8-21(18)22/h3-9,14-17,20H,10-13H2,1-2H3,(H,25,27). The van der Waals surface area contributed by atoms with E-state index in [-0.39, 0.29) is 11.9 Å². The van der Waals surface area contributed by atoms with Crippen molar-refractivity contribution in [1.82, 2.24) is 15.1 Å². The molecule has 4 heteroatoms. The molecule has 4 rings (SSSR count). The monoisotopic (exact) mass is 361 g/mol. The highest BCUT2D eigenvalue weighted by atomic mass is 16.2. The molecule has 0 spiro atoms. The Balaban J connectivity index is 1.51. The molecule has 4 nitrogen and oxygen atoms in total. The van der Waals surface area contributed by atoms with E-state index in [9.17, 15) is 4.79 Å². The maximum Gasteiger partial charge on any atom is 0.244 e. The van der Waals surface area contributed by atoms with Crippen molar-refractivity contribution in [3.63, 3.8) is 0 Å². The highest BCUT2D eigenvalue weighted by molar-refractivity contribution is 5.96. The third-order valence-electron chi connectivity index (χ3n) is 5.84. The molecule has 140 valence electrons. The van der Waals surface area contributed by atoms with Crippen LogP contribution in [0.4, 0.5) is 0 Å². The molecule has 0 bridgehead atoms. The van der Waals surface area contributed by atoms with E-state index in [0.29, 0.717) is 6.04 Å². The predicted octanol–water partition coefficient (Wildman–Crippen LogP) is 4.96. The van der Waals surface area contributed by atoms with E-state index in [1.165, 1.54) is 23.6 Å². The van der Waals surface area contributed by atoms with Crippen LogP contribution in [0.15, 0.2) is 54.9 Å². The molecule has 0 aliphatic heterocycles. The smallest absolute Gasteiger partial charge is 0.244 e. The van der Waals surface area contributed by atoms with Crippen molar-refractivity contribution in [2.24, 2.45) is 5.92 Å². The minimum Gasteiger partial charge on any atom is -0.352 e. The van der Waals surface area contributed by atoms with Crippen molar-refractivity contribution >= 4 is 16.7 Å². The Morgan fingerprint density at radius 1 is 1.11 bits per heavy atom. The molecule has 0 saturated heterocycles. The summed E-state index contributed by atoms with van der Waals surface area (Å²) in [5, 5.41) is 10.1. The van der Waals surface area contributed by atoms with Gasteiger partial charge >= 0.3 is 0 Å². The van der Waals surface area contributed by atoms with E-state index in [1.54, 1.807) is 4.68 Å². The lowest BCUT2D eigenvalue weighted by Gasteiger charge is -2.28. The molecular weight excluding hydrogens is 334 g/mol. The largest absolute Gasteiger partial charge is 0.352 e. The first-order chi connectivity index (χ1) is 13.1. The van der Waals surface area contributed by atoms with Gasteiger partial charge in [0.1, 0.15) is 6.04 Å². The average Bonchev–Trinajstić information content (AvgIpc) is 3.18. The second kappa shape index (κ2) is 7.55. The normalized spacial score (nSPS) is 21.1. The summed E-state index contributed by atoms with van der Waals surface area (Å²) in [5.74, 6) is 0.840. The van der Waals surface area contributed by atoms with Crippen LogP contribution in [0.3, 0.4) is 0 Å². The molecule has 1 unspecified atom stereocenters. The number of hydrogen-bond acceptors (Lipinski definition) is 2. The van der Waals surface area contributed by atoms with Gasteiger partial charge in [-0.25, -0.2) is 0 Å². The van der Waals surface area contributed by atoms with Crippen molar-refractivity contribution < 1.29 is 4.79 Å². The van der Waals surface area contributed by atoms with Gasteiger partial charge < -0.3 is 5.32 Å². The lowest BCUT2D eigenvalue weighted by atomic mass is 9.87. The van der Waals surface area contributed by atoms with E-state index < -0.39 is 0 Å². The van der Waals surface area contributed by atoms with Gasteiger partial charge in [-0.15, -0.1) is 0 Å². The number of aromatic nitrogens is 2. The number of carbonyl (C=O) groups excluding carboxylic acids is 1. The summed E-state index contributed by atoms with van der Waals surface area (Å²) in [6.45, 7) is 4.21. The summed E-state index contributed by atoms with van der Waals surface area (Å²) in [6, 6.07) is 14.6.